The van der Waals surface area contributed by atoms with E-state index in [0.29, 0.717) is 32.5 Å². The van der Waals surface area contributed by atoms with Crippen molar-refractivity contribution in [2.24, 2.45) is 5.92 Å². The number of carbonyl (C=O) groups is 2. The Bertz CT molecular complexity index is 812. The van der Waals surface area contributed by atoms with Gasteiger partial charge in [-0.05, 0) is 42.9 Å². The second kappa shape index (κ2) is 9.02. The Morgan fingerprint density at radius 3 is 2.36 bits per heavy atom. The number of amides is 1. The lowest BCUT2D eigenvalue weighted by Crippen LogP contribution is -2.50. The Kier molecular flexibility index (Phi) is 6.47. The molecular weight excluding hydrogens is 354 g/mol. The van der Waals surface area contributed by atoms with Gasteiger partial charge in [-0.2, -0.15) is 0 Å². The van der Waals surface area contributed by atoms with Crippen LogP contribution in [0.4, 0.5) is 0 Å². The Morgan fingerprint density at radius 1 is 1.07 bits per heavy atom. The van der Waals surface area contributed by atoms with E-state index in [9.17, 15) is 14.7 Å². The lowest BCUT2D eigenvalue weighted by atomic mass is 9.71. The van der Waals surface area contributed by atoms with E-state index >= 15 is 0 Å². The van der Waals surface area contributed by atoms with Crippen molar-refractivity contribution < 1.29 is 19.4 Å². The summed E-state index contributed by atoms with van der Waals surface area (Å²) in [6.45, 7) is 3.16. The maximum atomic E-state index is 13.3. The molecular formula is C23H27NO4. The molecule has 0 aliphatic carbocycles. The fourth-order valence-corrected chi connectivity index (χ4v) is 3.98. The van der Waals surface area contributed by atoms with Crippen molar-refractivity contribution in [2.45, 2.75) is 31.6 Å². The molecule has 1 aliphatic rings. The standard InChI is InChI=1S/C23H27NO4/c1-17-7-5-6-10-20(17)23(11-13-28-14-12-23)22(27)24-16-19(21(25)26)15-18-8-3-2-4-9-18/h2-10,19H,11-16H2,1H3,(H,24,27)(H,25,26). The van der Waals surface area contributed by atoms with Gasteiger partial charge in [0.05, 0.1) is 11.3 Å². The molecule has 1 heterocycles. The maximum absolute atomic E-state index is 13.3. The highest BCUT2D eigenvalue weighted by molar-refractivity contribution is 5.89. The number of benzene rings is 2. The Labute approximate surface area is 165 Å². The second-order valence-electron chi connectivity index (χ2n) is 7.44. The number of nitrogens with one attached hydrogen (secondary N) is 1. The summed E-state index contributed by atoms with van der Waals surface area (Å²) in [4.78, 5) is 25.0. The van der Waals surface area contributed by atoms with Gasteiger partial charge in [-0.3, -0.25) is 9.59 Å². The van der Waals surface area contributed by atoms with E-state index in [0.717, 1.165) is 16.7 Å². The summed E-state index contributed by atoms with van der Waals surface area (Å²) >= 11 is 0. The zero-order valence-electron chi connectivity index (χ0n) is 16.2. The van der Waals surface area contributed by atoms with Crippen LogP contribution in [0.3, 0.4) is 0 Å². The van der Waals surface area contributed by atoms with Crippen LogP contribution < -0.4 is 5.32 Å². The molecule has 2 aromatic rings. The van der Waals surface area contributed by atoms with Crippen molar-refractivity contribution in [1.82, 2.24) is 5.32 Å². The summed E-state index contributed by atoms with van der Waals surface area (Å²) in [6, 6.07) is 17.4. The minimum Gasteiger partial charge on any atom is -0.481 e. The van der Waals surface area contributed by atoms with E-state index in [4.69, 9.17) is 4.74 Å². The Balaban J connectivity index is 1.76. The average Bonchev–Trinajstić information content (AvgIpc) is 2.72. The third-order valence-corrected chi connectivity index (χ3v) is 5.62. The molecule has 1 saturated heterocycles. The number of carboxylic acid groups (broad SMARTS) is 1. The van der Waals surface area contributed by atoms with E-state index in [1.165, 1.54) is 0 Å². The van der Waals surface area contributed by atoms with Crippen LogP contribution in [0.25, 0.3) is 0 Å². The van der Waals surface area contributed by atoms with Crippen molar-refractivity contribution in [1.29, 1.82) is 0 Å². The van der Waals surface area contributed by atoms with Crippen LogP contribution in [0.2, 0.25) is 0 Å². The Hall–Kier alpha value is -2.66. The summed E-state index contributed by atoms with van der Waals surface area (Å²) in [6.07, 6.45) is 1.58. The zero-order valence-corrected chi connectivity index (χ0v) is 16.2. The fourth-order valence-electron chi connectivity index (χ4n) is 3.98. The molecule has 0 bridgehead atoms. The molecule has 1 amide bonds. The van der Waals surface area contributed by atoms with E-state index in [1.807, 2.05) is 61.5 Å². The first kappa shape index (κ1) is 20.1. The van der Waals surface area contributed by atoms with Crippen LogP contribution in [0.5, 0.6) is 0 Å². The number of rotatable bonds is 7. The number of hydrogen-bond donors (Lipinski definition) is 2. The van der Waals surface area contributed by atoms with Crippen LogP contribution in [0.15, 0.2) is 54.6 Å². The monoisotopic (exact) mass is 381 g/mol. The van der Waals surface area contributed by atoms with Gasteiger partial charge in [0.2, 0.25) is 5.91 Å². The van der Waals surface area contributed by atoms with Crippen LogP contribution in [0, 0.1) is 12.8 Å². The molecule has 1 unspecified atom stereocenters. The average molecular weight is 381 g/mol. The number of ether oxygens (including phenoxy) is 1. The highest BCUT2D eigenvalue weighted by atomic mass is 16.5. The number of hydrogen-bond acceptors (Lipinski definition) is 3. The van der Waals surface area contributed by atoms with E-state index in [2.05, 4.69) is 5.32 Å². The van der Waals surface area contributed by atoms with E-state index in [-0.39, 0.29) is 12.5 Å². The molecule has 0 aromatic heterocycles. The molecule has 1 aliphatic heterocycles. The maximum Gasteiger partial charge on any atom is 0.308 e. The largest absolute Gasteiger partial charge is 0.481 e. The molecule has 5 heteroatoms. The number of aliphatic carboxylic acids is 1. The SMILES string of the molecule is Cc1ccccc1C1(C(=O)NCC(Cc2ccccc2)C(=O)O)CCOCC1. The van der Waals surface area contributed by atoms with Gasteiger partial charge in [0.25, 0.3) is 0 Å². The summed E-state index contributed by atoms with van der Waals surface area (Å²) in [5, 5.41) is 12.6. The highest BCUT2D eigenvalue weighted by Gasteiger charge is 2.42. The Morgan fingerprint density at radius 2 is 1.71 bits per heavy atom. The summed E-state index contributed by atoms with van der Waals surface area (Å²) in [5.41, 5.74) is 2.35. The van der Waals surface area contributed by atoms with Crippen LogP contribution in [0.1, 0.15) is 29.5 Å². The normalized spacial score (nSPS) is 16.9. The molecule has 0 saturated carbocycles. The lowest BCUT2D eigenvalue weighted by Gasteiger charge is -2.37. The molecule has 0 radical (unpaired) electrons. The predicted octanol–water partition coefficient (Wildman–Crippen LogP) is 3.10. The molecule has 1 fully saturated rings. The van der Waals surface area contributed by atoms with Crippen LogP contribution in [-0.4, -0.2) is 36.7 Å². The first-order valence-corrected chi connectivity index (χ1v) is 9.72. The quantitative estimate of drug-likeness (QED) is 0.773. The molecule has 148 valence electrons. The molecule has 5 nitrogen and oxygen atoms in total. The van der Waals surface area contributed by atoms with Crippen molar-refractivity contribution in [2.75, 3.05) is 19.8 Å². The van der Waals surface area contributed by atoms with Crippen molar-refractivity contribution in [3.05, 3.63) is 71.3 Å². The highest BCUT2D eigenvalue weighted by Crippen LogP contribution is 2.37. The zero-order chi connectivity index (χ0) is 20.0. The van der Waals surface area contributed by atoms with Gasteiger partial charge in [0.15, 0.2) is 0 Å². The lowest BCUT2D eigenvalue weighted by molar-refractivity contribution is -0.142. The smallest absolute Gasteiger partial charge is 0.308 e. The van der Waals surface area contributed by atoms with Crippen molar-refractivity contribution in [3.63, 3.8) is 0 Å². The third kappa shape index (κ3) is 4.42. The van der Waals surface area contributed by atoms with E-state index < -0.39 is 17.3 Å². The van der Waals surface area contributed by atoms with Gasteiger partial charge in [-0.25, -0.2) is 0 Å². The third-order valence-electron chi connectivity index (χ3n) is 5.62. The molecule has 2 N–H and O–H groups in total. The molecule has 1 atom stereocenters. The van der Waals surface area contributed by atoms with E-state index in [1.54, 1.807) is 0 Å². The molecule has 3 rings (SSSR count). The van der Waals surface area contributed by atoms with Gasteiger partial charge >= 0.3 is 5.97 Å². The summed E-state index contributed by atoms with van der Waals surface area (Å²) in [7, 11) is 0. The topological polar surface area (TPSA) is 75.6 Å². The van der Waals surface area contributed by atoms with Gasteiger partial charge in [0.1, 0.15) is 0 Å². The minimum atomic E-state index is -0.902. The second-order valence-corrected chi connectivity index (χ2v) is 7.44. The molecule has 2 aromatic carbocycles. The first-order chi connectivity index (χ1) is 13.5. The van der Waals surface area contributed by atoms with Crippen molar-refractivity contribution >= 4 is 11.9 Å². The number of carboxylic acids is 1. The van der Waals surface area contributed by atoms with Gasteiger partial charge < -0.3 is 15.2 Å². The molecule has 0 spiro atoms. The van der Waals surface area contributed by atoms with Gasteiger partial charge in [-0.1, -0.05) is 54.6 Å². The van der Waals surface area contributed by atoms with Gasteiger partial charge in [-0.15, -0.1) is 0 Å². The summed E-state index contributed by atoms with van der Waals surface area (Å²) < 4.78 is 5.50. The predicted molar refractivity (Wildman–Crippen MR) is 107 cm³/mol. The minimum absolute atomic E-state index is 0.107. The summed E-state index contributed by atoms with van der Waals surface area (Å²) in [5.74, 6) is -1.68. The van der Waals surface area contributed by atoms with Gasteiger partial charge in [0, 0.05) is 19.8 Å². The number of aryl methyl sites for hydroxylation is 1. The molecule has 28 heavy (non-hydrogen) atoms. The van der Waals surface area contributed by atoms with Crippen molar-refractivity contribution in [3.8, 4) is 0 Å². The van der Waals surface area contributed by atoms with Crippen LogP contribution in [-0.2, 0) is 26.2 Å². The number of carbonyl (C=O) groups excluding carboxylic acids is 1. The first-order valence-electron chi connectivity index (χ1n) is 9.72. The van der Waals surface area contributed by atoms with Crippen LogP contribution >= 0.6 is 0 Å². The fraction of sp³-hybridized carbons (Fsp3) is 0.391.